The van der Waals surface area contributed by atoms with E-state index in [4.69, 9.17) is 0 Å². The minimum absolute atomic E-state index is 0.0800. The standard InChI is InChI=1S/C21H23F3N4O3/c1-12(2)27(19(30)31)17-11-16(20(3,4)5)25-28(17)14-6-7-15-13(10-14)8-9-26(15)18(29)21(22,23)24/h6-7,10-11H,1,8-9H2,2-5H3,(H,30,31). The van der Waals surface area contributed by atoms with Gasteiger partial charge in [0, 0.05) is 29.4 Å². The summed E-state index contributed by atoms with van der Waals surface area (Å²) in [4.78, 5) is 25.3. The Kier molecular flexibility index (Phi) is 5.37. The highest BCUT2D eigenvalue weighted by Gasteiger charge is 2.44. The molecule has 2 heterocycles. The number of anilines is 2. The Bertz CT molecular complexity index is 1050. The van der Waals surface area contributed by atoms with Gasteiger partial charge in [0.25, 0.3) is 0 Å². The summed E-state index contributed by atoms with van der Waals surface area (Å²) < 4.78 is 40.0. The number of rotatable bonds is 3. The molecular formula is C21H23F3N4O3. The van der Waals surface area contributed by atoms with Gasteiger partial charge in [0.15, 0.2) is 0 Å². The van der Waals surface area contributed by atoms with Crippen LogP contribution in [0.1, 0.15) is 39.0 Å². The van der Waals surface area contributed by atoms with Gasteiger partial charge in [-0.15, -0.1) is 0 Å². The minimum Gasteiger partial charge on any atom is -0.464 e. The van der Waals surface area contributed by atoms with Crippen molar-refractivity contribution in [2.75, 3.05) is 16.3 Å². The van der Waals surface area contributed by atoms with Gasteiger partial charge >= 0.3 is 18.2 Å². The largest absolute Gasteiger partial charge is 0.471 e. The van der Waals surface area contributed by atoms with Gasteiger partial charge < -0.3 is 10.0 Å². The first kappa shape index (κ1) is 22.4. The smallest absolute Gasteiger partial charge is 0.464 e. The van der Waals surface area contributed by atoms with Crippen LogP contribution in [0, 0.1) is 0 Å². The number of halogens is 3. The normalized spacial score (nSPS) is 13.8. The monoisotopic (exact) mass is 436 g/mol. The Balaban J connectivity index is 2.12. The van der Waals surface area contributed by atoms with E-state index in [2.05, 4.69) is 11.7 Å². The summed E-state index contributed by atoms with van der Waals surface area (Å²) in [5.41, 5.74) is 1.71. The lowest BCUT2D eigenvalue weighted by molar-refractivity contribution is -0.170. The maximum Gasteiger partial charge on any atom is 0.471 e. The quantitative estimate of drug-likeness (QED) is 0.760. The summed E-state index contributed by atoms with van der Waals surface area (Å²) in [7, 11) is 0. The van der Waals surface area contributed by atoms with Crippen LogP contribution in [-0.4, -0.2) is 39.6 Å². The molecule has 0 saturated carbocycles. The zero-order valence-electron chi connectivity index (χ0n) is 17.6. The second kappa shape index (κ2) is 7.44. The van der Waals surface area contributed by atoms with E-state index in [1.54, 1.807) is 19.1 Å². The number of allylic oxidation sites excluding steroid dienone is 1. The van der Waals surface area contributed by atoms with Crippen molar-refractivity contribution < 1.29 is 27.9 Å². The van der Waals surface area contributed by atoms with Gasteiger partial charge in [-0.2, -0.15) is 18.3 Å². The molecule has 1 aliphatic heterocycles. The molecule has 0 saturated heterocycles. The first-order valence-corrected chi connectivity index (χ1v) is 9.53. The van der Waals surface area contributed by atoms with Gasteiger partial charge in [-0.1, -0.05) is 27.4 Å². The second-order valence-corrected chi connectivity index (χ2v) is 8.42. The lowest BCUT2D eigenvalue weighted by Crippen LogP contribution is -2.40. The van der Waals surface area contributed by atoms with Gasteiger partial charge in [-0.05, 0) is 37.1 Å². The van der Waals surface area contributed by atoms with Crippen LogP contribution in [0.3, 0.4) is 0 Å². The predicted molar refractivity (Wildman–Crippen MR) is 110 cm³/mol. The molecular weight excluding hydrogens is 413 g/mol. The molecule has 166 valence electrons. The summed E-state index contributed by atoms with van der Waals surface area (Å²) in [5.74, 6) is -1.67. The number of hydrogen-bond acceptors (Lipinski definition) is 3. The number of benzene rings is 1. The van der Waals surface area contributed by atoms with Crippen LogP contribution in [0.5, 0.6) is 0 Å². The Morgan fingerprint density at radius 2 is 1.84 bits per heavy atom. The van der Waals surface area contributed by atoms with Gasteiger partial charge in [0.2, 0.25) is 0 Å². The predicted octanol–water partition coefficient (Wildman–Crippen LogP) is 4.64. The molecule has 0 unspecified atom stereocenters. The molecule has 0 fully saturated rings. The fourth-order valence-corrected chi connectivity index (χ4v) is 3.43. The maximum absolute atomic E-state index is 12.9. The molecule has 2 aromatic rings. The minimum atomic E-state index is -4.96. The molecule has 0 radical (unpaired) electrons. The van der Waals surface area contributed by atoms with Crippen LogP contribution in [0.4, 0.5) is 29.5 Å². The van der Waals surface area contributed by atoms with Crippen LogP contribution < -0.4 is 9.80 Å². The van der Waals surface area contributed by atoms with Crippen molar-refractivity contribution in [1.29, 1.82) is 0 Å². The summed E-state index contributed by atoms with van der Waals surface area (Å²) in [6.45, 7) is 11.0. The zero-order chi connectivity index (χ0) is 23.3. The van der Waals surface area contributed by atoms with Crippen LogP contribution >= 0.6 is 0 Å². The lowest BCUT2D eigenvalue weighted by Gasteiger charge is -2.21. The van der Waals surface area contributed by atoms with Gasteiger partial charge in [0.05, 0.1) is 11.4 Å². The number of amides is 2. The SMILES string of the molecule is C=C(C)N(C(=O)O)c1cc(C(C)(C)C)nn1-c1ccc2c(c1)CCN2C(=O)C(F)(F)F. The van der Waals surface area contributed by atoms with E-state index in [1.807, 2.05) is 20.8 Å². The Hall–Kier alpha value is -3.30. The molecule has 0 spiro atoms. The molecule has 1 N–H and O–H groups in total. The molecule has 3 rings (SSSR count). The van der Waals surface area contributed by atoms with Crippen molar-refractivity contribution in [2.45, 2.75) is 45.7 Å². The third-order valence-electron chi connectivity index (χ3n) is 4.95. The van der Waals surface area contributed by atoms with Crippen molar-refractivity contribution >= 4 is 23.5 Å². The fraction of sp³-hybridized carbons (Fsp3) is 0.381. The average molecular weight is 436 g/mol. The van der Waals surface area contributed by atoms with Crippen molar-refractivity contribution in [1.82, 2.24) is 9.78 Å². The van der Waals surface area contributed by atoms with Crippen molar-refractivity contribution in [3.05, 3.63) is 47.8 Å². The van der Waals surface area contributed by atoms with Gasteiger partial charge in [-0.25, -0.2) is 14.4 Å². The number of carbonyl (C=O) groups excluding carboxylic acids is 1. The van der Waals surface area contributed by atoms with E-state index in [0.29, 0.717) is 21.8 Å². The van der Waals surface area contributed by atoms with E-state index in [9.17, 15) is 27.9 Å². The molecule has 2 amide bonds. The van der Waals surface area contributed by atoms with Crippen LogP contribution in [0.25, 0.3) is 5.69 Å². The zero-order valence-corrected chi connectivity index (χ0v) is 17.6. The molecule has 0 aliphatic carbocycles. The van der Waals surface area contributed by atoms with Crippen molar-refractivity contribution in [3.8, 4) is 5.69 Å². The first-order valence-electron chi connectivity index (χ1n) is 9.53. The number of aromatic nitrogens is 2. The topological polar surface area (TPSA) is 78.7 Å². The van der Waals surface area contributed by atoms with Crippen LogP contribution in [0.2, 0.25) is 0 Å². The third-order valence-corrected chi connectivity index (χ3v) is 4.95. The summed E-state index contributed by atoms with van der Waals surface area (Å²) in [6, 6.07) is 6.22. The highest BCUT2D eigenvalue weighted by atomic mass is 19.4. The molecule has 1 aliphatic rings. The maximum atomic E-state index is 12.9. The summed E-state index contributed by atoms with van der Waals surface area (Å²) >= 11 is 0. The highest BCUT2D eigenvalue weighted by molar-refractivity contribution is 5.99. The van der Waals surface area contributed by atoms with Crippen LogP contribution in [-0.2, 0) is 16.6 Å². The van der Waals surface area contributed by atoms with E-state index < -0.39 is 18.2 Å². The second-order valence-electron chi connectivity index (χ2n) is 8.42. The van der Waals surface area contributed by atoms with Crippen molar-refractivity contribution in [2.24, 2.45) is 0 Å². The van der Waals surface area contributed by atoms with Crippen molar-refractivity contribution in [3.63, 3.8) is 0 Å². The molecule has 10 heteroatoms. The van der Waals surface area contributed by atoms with E-state index >= 15 is 0 Å². The Labute approximate surface area is 177 Å². The average Bonchev–Trinajstić information content (AvgIpc) is 3.23. The number of carbonyl (C=O) groups is 2. The Morgan fingerprint density at radius 3 is 2.35 bits per heavy atom. The number of hydrogen-bond donors (Lipinski definition) is 1. The summed E-state index contributed by atoms with van der Waals surface area (Å²) in [5, 5.41) is 14.2. The fourth-order valence-electron chi connectivity index (χ4n) is 3.43. The molecule has 1 aromatic heterocycles. The van der Waals surface area contributed by atoms with Crippen LogP contribution in [0.15, 0.2) is 36.5 Å². The lowest BCUT2D eigenvalue weighted by atomic mass is 9.92. The van der Waals surface area contributed by atoms with Gasteiger partial charge in [-0.3, -0.25) is 4.79 Å². The third kappa shape index (κ3) is 4.14. The number of nitrogens with zero attached hydrogens (tertiary/aromatic N) is 4. The van der Waals surface area contributed by atoms with E-state index in [1.165, 1.54) is 16.8 Å². The molecule has 0 bridgehead atoms. The number of carboxylic acid groups (broad SMARTS) is 1. The molecule has 31 heavy (non-hydrogen) atoms. The molecule has 7 nitrogen and oxygen atoms in total. The molecule has 1 aromatic carbocycles. The van der Waals surface area contributed by atoms with E-state index in [0.717, 1.165) is 4.90 Å². The highest BCUT2D eigenvalue weighted by Crippen LogP contribution is 2.35. The number of fused-ring (bicyclic) bond motifs is 1. The Morgan fingerprint density at radius 1 is 1.19 bits per heavy atom. The molecule has 0 atom stereocenters. The van der Waals surface area contributed by atoms with E-state index in [-0.39, 0.29) is 35.6 Å². The van der Waals surface area contributed by atoms with Gasteiger partial charge in [0.1, 0.15) is 5.82 Å². The summed E-state index contributed by atoms with van der Waals surface area (Å²) in [6.07, 6.45) is -5.95. The number of alkyl halides is 3. The first-order chi connectivity index (χ1) is 14.2.